The van der Waals surface area contributed by atoms with Gasteiger partial charge in [0.1, 0.15) is 5.75 Å². The summed E-state index contributed by atoms with van der Waals surface area (Å²) < 4.78 is 10.3. The zero-order chi connectivity index (χ0) is 15.2. The van der Waals surface area contributed by atoms with Crippen LogP contribution in [0.4, 0.5) is 5.69 Å². The molecule has 0 saturated heterocycles. The summed E-state index contributed by atoms with van der Waals surface area (Å²) in [7, 11) is 1.60. The molecule has 0 aliphatic heterocycles. The second-order valence-electron chi connectivity index (χ2n) is 4.35. The predicted octanol–water partition coefficient (Wildman–Crippen LogP) is 3.18. The van der Waals surface area contributed by atoms with Gasteiger partial charge in [0.05, 0.1) is 24.4 Å². The average Bonchev–Trinajstić information content (AvgIpc) is 2.91. The molecule has 1 aromatic carbocycles. The molecular formula is C15H18N2O3S. The molecule has 112 valence electrons. The van der Waals surface area contributed by atoms with Crippen LogP contribution < -0.4 is 10.1 Å². The highest BCUT2D eigenvalue weighted by Crippen LogP contribution is 2.25. The van der Waals surface area contributed by atoms with Gasteiger partial charge in [0, 0.05) is 17.1 Å². The fraction of sp³-hybridized carbons (Fsp3) is 0.333. The summed E-state index contributed by atoms with van der Waals surface area (Å²) >= 11 is 1.50. The van der Waals surface area contributed by atoms with Crippen LogP contribution in [0.25, 0.3) is 0 Å². The number of rotatable bonds is 6. The molecule has 0 fully saturated rings. The third kappa shape index (κ3) is 3.95. The van der Waals surface area contributed by atoms with E-state index < -0.39 is 6.04 Å². The molecule has 0 aliphatic rings. The van der Waals surface area contributed by atoms with E-state index in [0.29, 0.717) is 12.3 Å². The Labute approximate surface area is 127 Å². The molecule has 1 N–H and O–H groups in total. The minimum absolute atomic E-state index is 0.332. The van der Waals surface area contributed by atoms with Crippen LogP contribution in [0.1, 0.15) is 23.7 Å². The molecule has 1 heterocycles. The largest absolute Gasteiger partial charge is 0.497 e. The third-order valence-electron chi connectivity index (χ3n) is 2.84. The SMILES string of the molecule is CCOC(=O)C(Nc1cccc(OC)c1)c1csc(C)n1. The molecule has 21 heavy (non-hydrogen) atoms. The number of carbonyl (C=O) groups excluding carboxylic acids is 1. The van der Waals surface area contributed by atoms with Crippen molar-refractivity contribution in [3.05, 3.63) is 40.3 Å². The number of hydrogen-bond donors (Lipinski definition) is 1. The first-order valence-corrected chi connectivity index (χ1v) is 7.51. The van der Waals surface area contributed by atoms with Crippen molar-refractivity contribution in [2.45, 2.75) is 19.9 Å². The third-order valence-corrected chi connectivity index (χ3v) is 3.63. The van der Waals surface area contributed by atoms with Gasteiger partial charge in [-0.05, 0) is 26.0 Å². The first-order chi connectivity index (χ1) is 10.1. The summed E-state index contributed by atoms with van der Waals surface area (Å²) in [6.45, 7) is 4.02. The van der Waals surface area contributed by atoms with E-state index in [1.54, 1.807) is 14.0 Å². The molecule has 1 unspecified atom stereocenters. The number of methoxy groups -OCH3 is 1. The topological polar surface area (TPSA) is 60.5 Å². The maximum atomic E-state index is 12.2. The molecule has 1 atom stereocenters. The number of anilines is 1. The number of carbonyl (C=O) groups is 1. The van der Waals surface area contributed by atoms with Gasteiger partial charge in [-0.1, -0.05) is 6.07 Å². The number of esters is 1. The van der Waals surface area contributed by atoms with Gasteiger partial charge in [0.2, 0.25) is 0 Å². The molecule has 2 rings (SSSR count). The van der Waals surface area contributed by atoms with Gasteiger partial charge in [0.25, 0.3) is 0 Å². The Morgan fingerprint density at radius 1 is 1.48 bits per heavy atom. The quantitative estimate of drug-likeness (QED) is 0.831. The highest BCUT2D eigenvalue weighted by atomic mass is 32.1. The molecule has 0 saturated carbocycles. The number of nitrogens with one attached hydrogen (secondary N) is 1. The minimum atomic E-state index is -0.623. The molecular weight excluding hydrogens is 288 g/mol. The number of benzene rings is 1. The van der Waals surface area contributed by atoms with Gasteiger partial charge in [-0.2, -0.15) is 0 Å². The monoisotopic (exact) mass is 306 g/mol. The van der Waals surface area contributed by atoms with Crippen LogP contribution in [-0.4, -0.2) is 24.7 Å². The van der Waals surface area contributed by atoms with E-state index in [-0.39, 0.29) is 5.97 Å². The van der Waals surface area contributed by atoms with Crippen LogP contribution in [0.2, 0.25) is 0 Å². The van der Waals surface area contributed by atoms with Crippen molar-refractivity contribution in [1.82, 2.24) is 4.98 Å². The maximum Gasteiger partial charge on any atom is 0.334 e. The second-order valence-corrected chi connectivity index (χ2v) is 5.41. The predicted molar refractivity (Wildman–Crippen MR) is 82.8 cm³/mol. The molecule has 0 spiro atoms. The average molecular weight is 306 g/mol. The summed E-state index contributed by atoms with van der Waals surface area (Å²) in [4.78, 5) is 16.5. The van der Waals surface area contributed by atoms with Gasteiger partial charge < -0.3 is 14.8 Å². The van der Waals surface area contributed by atoms with E-state index in [1.807, 2.05) is 36.6 Å². The molecule has 2 aromatic rings. The first-order valence-electron chi connectivity index (χ1n) is 6.63. The normalized spacial score (nSPS) is 11.8. The second kappa shape index (κ2) is 7.08. The van der Waals surface area contributed by atoms with Crippen molar-refractivity contribution in [2.75, 3.05) is 19.0 Å². The van der Waals surface area contributed by atoms with Gasteiger partial charge in [-0.3, -0.25) is 0 Å². The van der Waals surface area contributed by atoms with Crippen LogP contribution >= 0.6 is 11.3 Å². The Morgan fingerprint density at radius 3 is 2.90 bits per heavy atom. The van der Waals surface area contributed by atoms with Crippen molar-refractivity contribution in [3.8, 4) is 5.75 Å². The van der Waals surface area contributed by atoms with Gasteiger partial charge in [0.15, 0.2) is 6.04 Å². The van der Waals surface area contributed by atoms with Gasteiger partial charge in [-0.15, -0.1) is 11.3 Å². The number of aryl methyl sites for hydroxylation is 1. The molecule has 5 nitrogen and oxygen atoms in total. The lowest BCUT2D eigenvalue weighted by molar-refractivity contribution is -0.144. The van der Waals surface area contributed by atoms with Crippen molar-refractivity contribution < 1.29 is 14.3 Å². The van der Waals surface area contributed by atoms with Gasteiger partial charge in [-0.25, -0.2) is 9.78 Å². The smallest absolute Gasteiger partial charge is 0.334 e. The Kier molecular flexibility index (Phi) is 5.16. The van der Waals surface area contributed by atoms with Crippen LogP contribution in [0.3, 0.4) is 0 Å². The summed E-state index contributed by atoms with van der Waals surface area (Å²) in [6.07, 6.45) is 0. The van der Waals surface area contributed by atoms with E-state index in [0.717, 1.165) is 16.4 Å². The van der Waals surface area contributed by atoms with Crippen molar-refractivity contribution in [3.63, 3.8) is 0 Å². The van der Waals surface area contributed by atoms with Crippen LogP contribution in [0.15, 0.2) is 29.6 Å². The molecule has 6 heteroatoms. The first kappa shape index (κ1) is 15.3. The Bertz CT molecular complexity index is 612. The number of thiazole rings is 1. The summed E-state index contributed by atoms with van der Waals surface area (Å²) in [5.41, 5.74) is 1.44. The fourth-order valence-electron chi connectivity index (χ4n) is 1.87. The van der Waals surface area contributed by atoms with Crippen molar-refractivity contribution in [2.24, 2.45) is 0 Å². The molecule has 0 bridgehead atoms. The molecule has 0 amide bonds. The van der Waals surface area contributed by atoms with Crippen LogP contribution in [0.5, 0.6) is 5.75 Å². The Balaban J connectivity index is 2.24. The van der Waals surface area contributed by atoms with E-state index in [9.17, 15) is 4.79 Å². The van der Waals surface area contributed by atoms with Gasteiger partial charge >= 0.3 is 5.97 Å². The van der Waals surface area contributed by atoms with E-state index in [1.165, 1.54) is 11.3 Å². The number of nitrogens with zero attached hydrogens (tertiary/aromatic N) is 1. The van der Waals surface area contributed by atoms with Crippen molar-refractivity contribution >= 4 is 23.0 Å². The molecule has 0 radical (unpaired) electrons. The highest BCUT2D eigenvalue weighted by molar-refractivity contribution is 7.09. The number of ether oxygens (including phenoxy) is 2. The molecule has 1 aromatic heterocycles. The van der Waals surface area contributed by atoms with Crippen molar-refractivity contribution in [1.29, 1.82) is 0 Å². The lowest BCUT2D eigenvalue weighted by Crippen LogP contribution is -2.23. The molecule has 0 aliphatic carbocycles. The van der Waals surface area contributed by atoms with Crippen LogP contribution in [0, 0.1) is 6.92 Å². The lowest BCUT2D eigenvalue weighted by atomic mass is 10.2. The standard InChI is InChI=1S/C15H18N2O3S/c1-4-20-15(18)14(13-9-21-10(2)16-13)17-11-6-5-7-12(8-11)19-3/h5-9,14,17H,4H2,1-3H3. The summed E-state index contributed by atoms with van der Waals surface area (Å²) in [5.74, 6) is 0.377. The van der Waals surface area contributed by atoms with Crippen LogP contribution in [-0.2, 0) is 9.53 Å². The summed E-state index contributed by atoms with van der Waals surface area (Å²) in [6, 6.07) is 6.77. The minimum Gasteiger partial charge on any atom is -0.497 e. The lowest BCUT2D eigenvalue weighted by Gasteiger charge is -2.17. The number of hydrogen-bond acceptors (Lipinski definition) is 6. The number of aromatic nitrogens is 1. The Hall–Kier alpha value is -2.08. The zero-order valence-electron chi connectivity index (χ0n) is 12.3. The Morgan fingerprint density at radius 2 is 2.29 bits per heavy atom. The highest BCUT2D eigenvalue weighted by Gasteiger charge is 2.24. The fourth-order valence-corrected chi connectivity index (χ4v) is 2.51. The van der Waals surface area contributed by atoms with E-state index in [2.05, 4.69) is 10.3 Å². The zero-order valence-corrected chi connectivity index (χ0v) is 13.1. The van der Waals surface area contributed by atoms with E-state index in [4.69, 9.17) is 9.47 Å². The summed E-state index contributed by atoms with van der Waals surface area (Å²) in [5, 5.41) is 5.93. The van der Waals surface area contributed by atoms with E-state index >= 15 is 0 Å². The maximum absolute atomic E-state index is 12.2.